The maximum absolute atomic E-state index is 12.9. The Bertz CT molecular complexity index is 1210. The second-order valence-corrected chi connectivity index (χ2v) is 9.58. The molecule has 0 aliphatic carbocycles. The van der Waals surface area contributed by atoms with Crippen molar-refractivity contribution in [1.82, 2.24) is 30.0 Å². The normalized spacial score (nSPS) is 15.9. The van der Waals surface area contributed by atoms with E-state index in [1.807, 2.05) is 12.1 Å². The molecule has 0 unspecified atom stereocenters. The van der Waals surface area contributed by atoms with Crippen molar-refractivity contribution in [2.24, 2.45) is 5.92 Å². The molecule has 2 aromatic heterocycles. The van der Waals surface area contributed by atoms with Crippen molar-refractivity contribution in [1.29, 1.82) is 0 Å². The molecule has 10 heteroatoms. The first-order valence-electron chi connectivity index (χ1n) is 12.3. The Kier molecular flexibility index (Phi) is 7.04. The molecule has 0 saturated carbocycles. The molecule has 5 rings (SSSR count). The highest BCUT2D eigenvalue weighted by atomic mass is 16.7. The molecule has 3 aromatic rings. The van der Waals surface area contributed by atoms with E-state index < -0.39 is 0 Å². The van der Waals surface area contributed by atoms with Crippen LogP contribution in [0.15, 0.2) is 36.7 Å². The number of carbonyl (C=O) groups excluding carboxylic acids is 1. The fourth-order valence-corrected chi connectivity index (χ4v) is 4.78. The first-order valence-corrected chi connectivity index (χ1v) is 12.3. The minimum absolute atomic E-state index is 0.155. The van der Waals surface area contributed by atoms with Crippen LogP contribution >= 0.6 is 0 Å². The molecule has 1 N–H and O–H groups in total. The third-order valence-electron chi connectivity index (χ3n) is 6.52. The lowest BCUT2D eigenvalue weighted by molar-refractivity contribution is 0.0928. The number of carbonyl (C=O) groups is 1. The number of amides is 1. The first kappa shape index (κ1) is 24.1. The molecule has 190 valence electrons. The molecule has 0 saturated heterocycles. The molecule has 2 aliphatic heterocycles. The van der Waals surface area contributed by atoms with Gasteiger partial charge >= 0.3 is 0 Å². The summed E-state index contributed by atoms with van der Waals surface area (Å²) in [6.45, 7) is 7.69. The van der Waals surface area contributed by atoms with Gasteiger partial charge in [0, 0.05) is 45.0 Å². The number of nitrogens with zero attached hydrogens (tertiary/aromatic N) is 5. The van der Waals surface area contributed by atoms with Gasteiger partial charge in [0.15, 0.2) is 17.3 Å². The number of pyridine rings is 1. The van der Waals surface area contributed by atoms with E-state index in [-0.39, 0.29) is 18.7 Å². The Morgan fingerprint density at radius 1 is 1.19 bits per heavy atom. The molecule has 0 bridgehead atoms. The van der Waals surface area contributed by atoms with Crippen LogP contribution in [0.25, 0.3) is 0 Å². The Labute approximate surface area is 210 Å². The van der Waals surface area contributed by atoms with Crippen LogP contribution in [0.5, 0.6) is 17.2 Å². The van der Waals surface area contributed by atoms with Crippen molar-refractivity contribution >= 4 is 5.91 Å². The second-order valence-electron chi connectivity index (χ2n) is 9.58. The predicted octanol–water partition coefficient (Wildman–Crippen LogP) is 2.99. The van der Waals surface area contributed by atoms with Gasteiger partial charge in [-0.2, -0.15) is 0 Å². The molecule has 1 atom stereocenters. The SMILES string of the molecule is COc1cc(CN2CCc3nnc([C@H](CC(C)C)NC(=O)c4cccnc4)n3CC2)cc2c1OCO2. The summed E-state index contributed by atoms with van der Waals surface area (Å²) in [5, 5.41) is 12.2. The molecule has 36 heavy (non-hydrogen) atoms. The van der Waals surface area contributed by atoms with Gasteiger partial charge in [-0.25, -0.2) is 0 Å². The van der Waals surface area contributed by atoms with E-state index in [9.17, 15) is 4.79 Å². The summed E-state index contributed by atoms with van der Waals surface area (Å²) in [7, 11) is 1.64. The summed E-state index contributed by atoms with van der Waals surface area (Å²) in [6.07, 6.45) is 4.78. The van der Waals surface area contributed by atoms with Crippen LogP contribution in [0.1, 0.15) is 53.9 Å². The van der Waals surface area contributed by atoms with E-state index in [2.05, 4.69) is 43.8 Å². The lowest BCUT2D eigenvalue weighted by atomic mass is 10.0. The molecule has 1 aromatic carbocycles. The molecule has 4 heterocycles. The second kappa shape index (κ2) is 10.5. The number of hydrogen-bond donors (Lipinski definition) is 1. The van der Waals surface area contributed by atoms with Crippen LogP contribution in [-0.2, 0) is 19.5 Å². The largest absolute Gasteiger partial charge is 0.493 e. The summed E-state index contributed by atoms with van der Waals surface area (Å²) in [6, 6.07) is 7.33. The number of benzene rings is 1. The standard InChI is InChI=1S/C26H32N6O4/c1-17(2)11-20(28-26(33)19-5-4-7-27-14-19)25-30-29-23-6-8-31(9-10-32(23)25)15-18-12-21(34-3)24-22(13-18)35-16-36-24/h4-5,7,12-14,17,20H,6,8-11,15-16H2,1-3H3,(H,28,33)/t20-/m0/s1. The van der Waals surface area contributed by atoms with Gasteiger partial charge in [-0.05, 0) is 42.2 Å². The van der Waals surface area contributed by atoms with Gasteiger partial charge in [0.05, 0.1) is 18.7 Å². The van der Waals surface area contributed by atoms with E-state index in [0.717, 1.165) is 62.0 Å². The van der Waals surface area contributed by atoms with Crippen LogP contribution in [0.4, 0.5) is 0 Å². The minimum atomic E-state index is -0.233. The molecular weight excluding hydrogens is 460 g/mol. The van der Waals surface area contributed by atoms with Gasteiger partial charge in [-0.1, -0.05) is 13.8 Å². The van der Waals surface area contributed by atoms with Gasteiger partial charge in [0.1, 0.15) is 5.82 Å². The van der Waals surface area contributed by atoms with Gasteiger partial charge in [-0.15, -0.1) is 10.2 Å². The average molecular weight is 493 g/mol. The highest BCUT2D eigenvalue weighted by Crippen LogP contribution is 2.42. The zero-order valence-electron chi connectivity index (χ0n) is 20.9. The summed E-state index contributed by atoms with van der Waals surface area (Å²) in [4.78, 5) is 19.4. The fourth-order valence-electron chi connectivity index (χ4n) is 4.78. The third kappa shape index (κ3) is 5.13. The quantitative estimate of drug-likeness (QED) is 0.512. The third-order valence-corrected chi connectivity index (χ3v) is 6.52. The summed E-state index contributed by atoms with van der Waals surface area (Å²) >= 11 is 0. The Balaban J connectivity index is 1.31. The van der Waals surface area contributed by atoms with E-state index in [0.29, 0.717) is 23.0 Å². The summed E-state index contributed by atoms with van der Waals surface area (Å²) in [5.41, 5.74) is 1.64. The van der Waals surface area contributed by atoms with Crippen molar-refractivity contribution in [3.8, 4) is 17.2 Å². The van der Waals surface area contributed by atoms with Crippen LogP contribution in [0, 0.1) is 5.92 Å². The smallest absolute Gasteiger partial charge is 0.253 e. The lowest BCUT2D eigenvalue weighted by Crippen LogP contribution is -2.32. The van der Waals surface area contributed by atoms with Crippen molar-refractivity contribution in [3.05, 3.63) is 59.4 Å². The lowest BCUT2D eigenvalue weighted by Gasteiger charge is -2.22. The van der Waals surface area contributed by atoms with Crippen LogP contribution in [-0.4, -0.2) is 57.5 Å². The number of ether oxygens (including phenoxy) is 3. The maximum Gasteiger partial charge on any atom is 0.253 e. The highest BCUT2D eigenvalue weighted by Gasteiger charge is 2.27. The number of rotatable bonds is 8. The molecule has 10 nitrogen and oxygen atoms in total. The van der Waals surface area contributed by atoms with E-state index in [1.54, 1.807) is 31.6 Å². The number of aromatic nitrogens is 4. The van der Waals surface area contributed by atoms with Crippen molar-refractivity contribution in [3.63, 3.8) is 0 Å². The maximum atomic E-state index is 12.9. The molecule has 0 fully saturated rings. The number of nitrogens with one attached hydrogen (secondary N) is 1. The number of fused-ring (bicyclic) bond motifs is 2. The number of methoxy groups -OCH3 is 1. The van der Waals surface area contributed by atoms with Crippen molar-refractivity contribution < 1.29 is 19.0 Å². The minimum Gasteiger partial charge on any atom is -0.493 e. The molecule has 1 amide bonds. The Hall–Kier alpha value is -3.66. The topological polar surface area (TPSA) is 104 Å². The van der Waals surface area contributed by atoms with Gasteiger partial charge in [0.2, 0.25) is 12.5 Å². The van der Waals surface area contributed by atoms with Crippen molar-refractivity contribution in [2.45, 2.75) is 45.8 Å². The zero-order chi connectivity index (χ0) is 25.1. The van der Waals surface area contributed by atoms with Crippen molar-refractivity contribution in [2.75, 3.05) is 27.0 Å². The average Bonchev–Trinajstić information content (AvgIpc) is 3.47. The van der Waals surface area contributed by atoms with Gasteiger partial charge in [0.25, 0.3) is 5.91 Å². The van der Waals surface area contributed by atoms with E-state index in [1.165, 1.54) is 0 Å². The molecule has 0 radical (unpaired) electrons. The highest BCUT2D eigenvalue weighted by molar-refractivity contribution is 5.94. The first-order chi connectivity index (χ1) is 17.5. The Morgan fingerprint density at radius 3 is 2.86 bits per heavy atom. The molecular formula is C26H32N6O4. The predicted molar refractivity (Wildman–Crippen MR) is 132 cm³/mol. The van der Waals surface area contributed by atoms with E-state index >= 15 is 0 Å². The summed E-state index contributed by atoms with van der Waals surface area (Å²) < 4.78 is 18.8. The molecule has 2 aliphatic rings. The van der Waals surface area contributed by atoms with Gasteiger partial charge in [-0.3, -0.25) is 14.7 Å². The van der Waals surface area contributed by atoms with E-state index in [4.69, 9.17) is 14.2 Å². The van der Waals surface area contributed by atoms with Crippen LogP contribution in [0.3, 0.4) is 0 Å². The zero-order valence-corrected chi connectivity index (χ0v) is 20.9. The fraction of sp³-hybridized carbons (Fsp3) is 0.462. The molecule has 0 spiro atoms. The van der Waals surface area contributed by atoms with Crippen LogP contribution in [0.2, 0.25) is 0 Å². The summed E-state index contributed by atoms with van der Waals surface area (Å²) in [5.74, 6) is 4.05. The monoisotopic (exact) mass is 492 g/mol. The Morgan fingerprint density at radius 2 is 2.08 bits per heavy atom. The van der Waals surface area contributed by atoms with Crippen LogP contribution < -0.4 is 19.5 Å². The number of hydrogen-bond acceptors (Lipinski definition) is 8. The van der Waals surface area contributed by atoms with Gasteiger partial charge < -0.3 is 24.1 Å².